The number of hydrogen-bond acceptors (Lipinski definition) is 2. The largest absolute Gasteiger partial charge is 0.356 e. The van der Waals surface area contributed by atoms with Crippen molar-refractivity contribution in [3.63, 3.8) is 0 Å². The van der Waals surface area contributed by atoms with Crippen molar-refractivity contribution in [1.29, 1.82) is 0 Å². The minimum atomic E-state index is -0.124. The maximum atomic E-state index is 11.8. The van der Waals surface area contributed by atoms with Gasteiger partial charge >= 0.3 is 0 Å². The van der Waals surface area contributed by atoms with Crippen LogP contribution in [0.15, 0.2) is 29.8 Å². The van der Waals surface area contributed by atoms with Crippen molar-refractivity contribution >= 4 is 28.8 Å². The summed E-state index contributed by atoms with van der Waals surface area (Å²) >= 11 is 7.44. The first-order chi connectivity index (χ1) is 8.15. The second kappa shape index (κ2) is 5.38. The number of hydrogen-bond donors (Lipinski definition) is 2. The summed E-state index contributed by atoms with van der Waals surface area (Å²) in [5, 5.41) is 5.50. The predicted molar refractivity (Wildman–Crippen MR) is 70.8 cm³/mol. The van der Waals surface area contributed by atoms with E-state index < -0.39 is 0 Å². The van der Waals surface area contributed by atoms with Crippen LogP contribution in [-0.4, -0.2) is 16.9 Å². The normalized spacial score (nSPS) is 12.4. The van der Waals surface area contributed by atoms with Gasteiger partial charge in [-0.3, -0.25) is 4.79 Å². The zero-order chi connectivity index (χ0) is 12.3. The van der Waals surface area contributed by atoms with Gasteiger partial charge in [0, 0.05) is 23.5 Å². The van der Waals surface area contributed by atoms with Crippen LogP contribution in [0.1, 0.15) is 22.3 Å². The summed E-state index contributed by atoms with van der Waals surface area (Å²) in [6, 6.07) is 5.80. The summed E-state index contributed by atoms with van der Waals surface area (Å²) < 4.78 is 0. The van der Waals surface area contributed by atoms with Gasteiger partial charge in [-0.25, -0.2) is 0 Å². The van der Waals surface area contributed by atoms with Gasteiger partial charge in [-0.15, -0.1) is 11.3 Å². The van der Waals surface area contributed by atoms with Crippen LogP contribution in [0, 0.1) is 0 Å². The highest BCUT2D eigenvalue weighted by atomic mass is 35.5. The van der Waals surface area contributed by atoms with E-state index in [-0.39, 0.29) is 11.9 Å². The summed E-state index contributed by atoms with van der Waals surface area (Å²) in [7, 11) is 0. The average molecular weight is 269 g/mol. The molecule has 3 nitrogen and oxygen atoms in total. The second-order valence-corrected chi connectivity index (χ2v) is 5.36. The number of carbonyl (C=O) groups excluding carboxylic acids is 1. The number of thiophene rings is 1. The summed E-state index contributed by atoms with van der Waals surface area (Å²) in [5.41, 5.74) is 0.494. The zero-order valence-corrected chi connectivity index (χ0v) is 10.9. The zero-order valence-electron chi connectivity index (χ0n) is 9.37. The van der Waals surface area contributed by atoms with E-state index in [0.29, 0.717) is 10.7 Å². The van der Waals surface area contributed by atoms with Crippen molar-refractivity contribution in [2.24, 2.45) is 0 Å². The van der Waals surface area contributed by atoms with E-state index in [0.717, 1.165) is 6.42 Å². The SMILES string of the molecule is C[C@@H](Cc1cccs1)NC(=O)c1cc(Cl)c[nH]1. The topological polar surface area (TPSA) is 44.9 Å². The predicted octanol–water partition coefficient (Wildman–Crippen LogP) is 3.09. The van der Waals surface area contributed by atoms with Gasteiger partial charge in [0.2, 0.25) is 0 Å². The maximum Gasteiger partial charge on any atom is 0.267 e. The van der Waals surface area contributed by atoms with Crippen LogP contribution in [0.25, 0.3) is 0 Å². The van der Waals surface area contributed by atoms with Gasteiger partial charge in [0.1, 0.15) is 5.69 Å². The first-order valence-corrected chi connectivity index (χ1v) is 6.58. The number of nitrogens with one attached hydrogen (secondary N) is 2. The Morgan fingerprint density at radius 2 is 2.47 bits per heavy atom. The maximum absolute atomic E-state index is 11.8. The van der Waals surface area contributed by atoms with E-state index in [1.807, 2.05) is 18.4 Å². The minimum Gasteiger partial charge on any atom is -0.356 e. The molecule has 0 saturated heterocycles. The molecule has 0 aliphatic carbocycles. The number of rotatable bonds is 4. The molecule has 2 aromatic heterocycles. The Morgan fingerprint density at radius 3 is 3.06 bits per heavy atom. The molecular weight excluding hydrogens is 256 g/mol. The minimum absolute atomic E-state index is 0.100. The molecule has 1 atom stereocenters. The van der Waals surface area contributed by atoms with Crippen LogP contribution in [0.4, 0.5) is 0 Å². The molecule has 2 N–H and O–H groups in total. The molecule has 0 spiro atoms. The number of H-pyrrole nitrogens is 1. The molecule has 0 saturated carbocycles. The van der Waals surface area contributed by atoms with Gasteiger partial charge in [-0.05, 0) is 24.4 Å². The first kappa shape index (κ1) is 12.2. The number of halogens is 1. The van der Waals surface area contributed by atoms with Gasteiger partial charge in [-0.1, -0.05) is 17.7 Å². The third kappa shape index (κ3) is 3.35. The summed E-state index contributed by atoms with van der Waals surface area (Å²) in [6.07, 6.45) is 2.44. The average Bonchev–Trinajstić information content (AvgIpc) is 2.89. The number of aromatic amines is 1. The quantitative estimate of drug-likeness (QED) is 0.879. The Balaban J connectivity index is 1.90. The van der Waals surface area contributed by atoms with Crippen LogP contribution in [0.2, 0.25) is 5.02 Å². The summed E-state index contributed by atoms with van der Waals surface area (Å²) in [6.45, 7) is 1.99. The highest BCUT2D eigenvalue weighted by molar-refractivity contribution is 7.09. The fourth-order valence-corrected chi connectivity index (χ4v) is 2.58. The molecule has 0 bridgehead atoms. The smallest absolute Gasteiger partial charge is 0.267 e. The molecular formula is C12H13ClN2OS. The Morgan fingerprint density at radius 1 is 1.65 bits per heavy atom. The van der Waals surface area contributed by atoms with E-state index in [1.165, 1.54) is 4.88 Å². The highest BCUT2D eigenvalue weighted by Gasteiger charge is 2.12. The standard InChI is InChI=1S/C12H13ClN2OS/c1-8(5-10-3-2-4-17-10)15-12(16)11-6-9(13)7-14-11/h2-4,6-8,14H,5H2,1H3,(H,15,16)/t8-/m0/s1. The van der Waals surface area contributed by atoms with Crippen molar-refractivity contribution < 1.29 is 4.79 Å². The lowest BCUT2D eigenvalue weighted by Gasteiger charge is -2.11. The Labute approximate surface area is 109 Å². The number of aromatic nitrogens is 1. The lowest BCUT2D eigenvalue weighted by Crippen LogP contribution is -2.34. The van der Waals surface area contributed by atoms with Crippen LogP contribution in [0.5, 0.6) is 0 Å². The van der Waals surface area contributed by atoms with Crippen LogP contribution in [-0.2, 0) is 6.42 Å². The second-order valence-electron chi connectivity index (χ2n) is 3.89. The third-order valence-electron chi connectivity index (χ3n) is 2.36. The Hall–Kier alpha value is -1.26. The van der Waals surface area contributed by atoms with E-state index in [4.69, 9.17) is 11.6 Å². The van der Waals surface area contributed by atoms with E-state index in [2.05, 4.69) is 16.4 Å². The number of carbonyl (C=O) groups is 1. The molecule has 2 rings (SSSR count). The van der Waals surface area contributed by atoms with E-state index in [1.54, 1.807) is 23.6 Å². The van der Waals surface area contributed by atoms with Crippen molar-refractivity contribution in [2.45, 2.75) is 19.4 Å². The molecule has 0 radical (unpaired) electrons. The van der Waals surface area contributed by atoms with Gasteiger partial charge < -0.3 is 10.3 Å². The van der Waals surface area contributed by atoms with E-state index >= 15 is 0 Å². The molecule has 0 unspecified atom stereocenters. The first-order valence-electron chi connectivity index (χ1n) is 5.32. The fraction of sp³-hybridized carbons (Fsp3) is 0.250. The van der Waals surface area contributed by atoms with Gasteiger partial charge in [0.15, 0.2) is 0 Å². The lowest BCUT2D eigenvalue weighted by molar-refractivity contribution is 0.0936. The molecule has 90 valence electrons. The van der Waals surface area contributed by atoms with Crippen molar-refractivity contribution in [3.8, 4) is 0 Å². The van der Waals surface area contributed by atoms with Crippen LogP contribution < -0.4 is 5.32 Å². The molecule has 2 heterocycles. The van der Waals surface area contributed by atoms with Crippen LogP contribution in [0.3, 0.4) is 0 Å². The Bertz CT molecular complexity index is 492. The van der Waals surface area contributed by atoms with Gasteiger partial charge in [0.05, 0.1) is 5.02 Å². The highest BCUT2D eigenvalue weighted by Crippen LogP contribution is 2.12. The van der Waals surface area contributed by atoms with Gasteiger partial charge in [0.25, 0.3) is 5.91 Å². The van der Waals surface area contributed by atoms with Gasteiger partial charge in [-0.2, -0.15) is 0 Å². The van der Waals surface area contributed by atoms with Crippen molar-refractivity contribution in [1.82, 2.24) is 10.3 Å². The molecule has 0 aromatic carbocycles. The molecule has 0 fully saturated rings. The fourth-order valence-electron chi connectivity index (χ4n) is 1.58. The van der Waals surface area contributed by atoms with Crippen LogP contribution >= 0.6 is 22.9 Å². The van der Waals surface area contributed by atoms with E-state index in [9.17, 15) is 4.79 Å². The summed E-state index contributed by atoms with van der Waals surface area (Å²) in [4.78, 5) is 15.9. The van der Waals surface area contributed by atoms with Crippen molar-refractivity contribution in [3.05, 3.63) is 45.4 Å². The molecule has 5 heteroatoms. The molecule has 2 aromatic rings. The molecule has 17 heavy (non-hydrogen) atoms. The monoisotopic (exact) mass is 268 g/mol. The van der Waals surface area contributed by atoms with Crippen molar-refractivity contribution in [2.75, 3.05) is 0 Å². The molecule has 1 amide bonds. The molecule has 0 aliphatic heterocycles. The summed E-state index contributed by atoms with van der Waals surface area (Å²) in [5.74, 6) is -0.124. The third-order valence-corrected chi connectivity index (χ3v) is 3.47. The Kier molecular flexibility index (Phi) is 3.86. The number of amides is 1. The molecule has 0 aliphatic rings. The lowest BCUT2D eigenvalue weighted by atomic mass is 10.2.